The summed E-state index contributed by atoms with van der Waals surface area (Å²) in [5.41, 5.74) is 1.70. The zero-order valence-electron chi connectivity index (χ0n) is 10.2. The van der Waals surface area contributed by atoms with E-state index in [1.54, 1.807) is 0 Å². The third kappa shape index (κ3) is 3.47. The van der Waals surface area contributed by atoms with E-state index >= 15 is 0 Å². The first-order valence-electron chi connectivity index (χ1n) is 6.09. The van der Waals surface area contributed by atoms with E-state index in [-0.39, 0.29) is 0 Å². The third-order valence-corrected chi connectivity index (χ3v) is 3.06. The predicted octanol–water partition coefficient (Wildman–Crippen LogP) is 2.42. The maximum absolute atomic E-state index is 9.01. The molecule has 0 aromatic heterocycles. The molecule has 0 saturated heterocycles. The molecule has 2 rings (SSSR count). The first kappa shape index (κ1) is 11.9. The monoisotopic (exact) mass is 230 g/mol. The number of nitriles is 1. The Morgan fingerprint density at radius 3 is 2.88 bits per heavy atom. The lowest BCUT2D eigenvalue weighted by Gasteiger charge is -2.20. The van der Waals surface area contributed by atoms with Crippen LogP contribution in [0.25, 0.3) is 0 Å². The minimum absolute atomic E-state index is 0.720. The quantitative estimate of drug-likeness (QED) is 0.704. The lowest BCUT2D eigenvalue weighted by Crippen LogP contribution is -2.23. The molecule has 1 aliphatic rings. The van der Waals surface area contributed by atoms with Crippen LogP contribution < -0.4 is 4.90 Å². The largest absolute Gasteiger partial charge is 0.379 e. The van der Waals surface area contributed by atoms with Crippen LogP contribution in [0.15, 0.2) is 24.3 Å². The Labute approximate surface area is 103 Å². The fourth-order valence-corrected chi connectivity index (χ4v) is 1.76. The Balaban J connectivity index is 1.81. The smallest absolute Gasteiger partial charge is 0.101 e. The van der Waals surface area contributed by atoms with E-state index in [2.05, 4.69) is 11.0 Å². The van der Waals surface area contributed by atoms with Gasteiger partial charge in [-0.15, -0.1) is 0 Å². The molecule has 1 saturated carbocycles. The van der Waals surface area contributed by atoms with Crippen LogP contribution in [0, 0.1) is 17.2 Å². The lowest BCUT2D eigenvalue weighted by atomic mass is 10.2. The average Bonchev–Trinajstić information content (AvgIpc) is 3.18. The molecule has 0 spiro atoms. The zero-order chi connectivity index (χ0) is 12.1. The van der Waals surface area contributed by atoms with Gasteiger partial charge in [0, 0.05) is 20.2 Å². The van der Waals surface area contributed by atoms with Crippen molar-refractivity contribution < 1.29 is 4.74 Å². The minimum Gasteiger partial charge on any atom is -0.379 e. The van der Waals surface area contributed by atoms with Crippen molar-refractivity contribution in [1.29, 1.82) is 5.26 Å². The van der Waals surface area contributed by atoms with Gasteiger partial charge in [0.05, 0.1) is 17.9 Å². The van der Waals surface area contributed by atoms with E-state index in [9.17, 15) is 0 Å². The zero-order valence-corrected chi connectivity index (χ0v) is 10.2. The van der Waals surface area contributed by atoms with E-state index < -0.39 is 0 Å². The van der Waals surface area contributed by atoms with E-state index in [0.717, 1.165) is 36.9 Å². The summed E-state index contributed by atoms with van der Waals surface area (Å²) in [6.07, 6.45) is 2.65. The van der Waals surface area contributed by atoms with Crippen LogP contribution in [-0.4, -0.2) is 26.8 Å². The molecule has 1 fully saturated rings. The molecule has 0 bridgehead atoms. The second-order valence-electron chi connectivity index (χ2n) is 4.57. The van der Waals surface area contributed by atoms with Gasteiger partial charge in [0.25, 0.3) is 0 Å². The van der Waals surface area contributed by atoms with Gasteiger partial charge in [-0.1, -0.05) is 12.1 Å². The highest BCUT2D eigenvalue weighted by molar-refractivity contribution is 5.58. The summed E-state index contributed by atoms with van der Waals surface area (Å²) in [7, 11) is 2.00. The molecule has 1 aromatic carbocycles. The number of rotatable bonds is 6. The van der Waals surface area contributed by atoms with Crippen LogP contribution in [0.1, 0.15) is 18.4 Å². The summed E-state index contributed by atoms with van der Waals surface area (Å²) in [4.78, 5) is 2.07. The molecule has 0 aliphatic heterocycles. The van der Waals surface area contributed by atoms with Crippen LogP contribution in [0.5, 0.6) is 0 Å². The molecule has 0 N–H and O–H groups in total. The highest BCUT2D eigenvalue weighted by atomic mass is 16.5. The maximum Gasteiger partial charge on any atom is 0.101 e. The minimum atomic E-state index is 0.720. The first-order chi connectivity index (χ1) is 8.31. The SMILES string of the molecule is CN(CCOCC1CC1)c1ccccc1C#N. The van der Waals surface area contributed by atoms with Crippen LogP contribution in [-0.2, 0) is 4.74 Å². The molecule has 0 unspecified atom stereocenters. The van der Waals surface area contributed by atoms with Crippen molar-refractivity contribution >= 4 is 5.69 Å². The summed E-state index contributed by atoms with van der Waals surface area (Å²) >= 11 is 0. The van der Waals surface area contributed by atoms with Gasteiger partial charge in [-0.2, -0.15) is 5.26 Å². The Morgan fingerprint density at radius 1 is 1.41 bits per heavy atom. The second-order valence-corrected chi connectivity index (χ2v) is 4.57. The summed E-state index contributed by atoms with van der Waals surface area (Å²) in [5.74, 6) is 0.812. The number of para-hydroxylation sites is 1. The number of anilines is 1. The molecule has 0 radical (unpaired) electrons. The molecular weight excluding hydrogens is 212 g/mol. The van der Waals surface area contributed by atoms with Crippen LogP contribution in [0.2, 0.25) is 0 Å². The van der Waals surface area contributed by atoms with E-state index in [1.807, 2.05) is 31.3 Å². The van der Waals surface area contributed by atoms with Gasteiger partial charge < -0.3 is 9.64 Å². The predicted molar refractivity (Wildman–Crippen MR) is 68.0 cm³/mol. The summed E-state index contributed by atoms with van der Waals surface area (Å²) in [6, 6.07) is 9.87. The van der Waals surface area contributed by atoms with E-state index in [1.165, 1.54) is 12.8 Å². The van der Waals surface area contributed by atoms with Crippen molar-refractivity contribution in [2.24, 2.45) is 5.92 Å². The molecule has 3 nitrogen and oxygen atoms in total. The highest BCUT2D eigenvalue weighted by Crippen LogP contribution is 2.28. The number of hydrogen-bond acceptors (Lipinski definition) is 3. The van der Waals surface area contributed by atoms with Gasteiger partial charge in [0.2, 0.25) is 0 Å². The van der Waals surface area contributed by atoms with Gasteiger partial charge in [-0.3, -0.25) is 0 Å². The van der Waals surface area contributed by atoms with Crippen molar-refractivity contribution in [2.75, 3.05) is 31.7 Å². The van der Waals surface area contributed by atoms with E-state index in [4.69, 9.17) is 10.00 Å². The normalized spacial score (nSPS) is 14.4. The molecule has 90 valence electrons. The van der Waals surface area contributed by atoms with Gasteiger partial charge in [-0.25, -0.2) is 0 Å². The highest BCUT2D eigenvalue weighted by Gasteiger charge is 2.21. The summed E-state index contributed by atoms with van der Waals surface area (Å²) < 4.78 is 5.60. The van der Waals surface area contributed by atoms with Crippen LogP contribution >= 0.6 is 0 Å². The molecule has 0 heterocycles. The molecule has 1 aliphatic carbocycles. The summed E-state index contributed by atoms with van der Waals surface area (Å²) in [6.45, 7) is 2.45. The van der Waals surface area contributed by atoms with Crippen molar-refractivity contribution in [2.45, 2.75) is 12.8 Å². The molecule has 1 aromatic rings. The topological polar surface area (TPSA) is 36.3 Å². The van der Waals surface area contributed by atoms with Gasteiger partial charge in [-0.05, 0) is 30.9 Å². The average molecular weight is 230 g/mol. The molecule has 3 heteroatoms. The van der Waals surface area contributed by atoms with Gasteiger partial charge in [0.1, 0.15) is 6.07 Å². The lowest BCUT2D eigenvalue weighted by molar-refractivity contribution is 0.131. The number of nitrogens with zero attached hydrogens (tertiary/aromatic N) is 2. The second kappa shape index (κ2) is 5.70. The Hall–Kier alpha value is -1.53. The van der Waals surface area contributed by atoms with Crippen molar-refractivity contribution in [1.82, 2.24) is 0 Å². The van der Waals surface area contributed by atoms with Crippen molar-refractivity contribution in [3.63, 3.8) is 0 Å². The maximum atomic E-state index is 9.01. The first-order valence-corrected chi connectivity index (χ1v) is 6.09. The Kier molecular flexibility index (Phi) is 4.00. The molecule has 0 amide bonds. The third-order valence-electron chi connectivity index (χ3n) is 3.06. The van der Waals surface area contributed by atoms with Crippen LogP contribution in [0.4, 0.5) is 5.69 Å². The van der Waals surface area contributed by atoms with Crippen molar-refractivity contribution in [3.8, 4) is 6.07 Å². The molecular formula is C14H18N2O. The Bertz CT molecular complexity index is 407. The standard InChI is InChI=1S/C14H18N2O/c1-16(8-9-17-11-12-6-7-12)14-5-3-2-4-13(14)10-15/h2-5,12H,6-9,11H2,1H3. The number of hydrogen-bond donors (Lipinski definition) is 0. The van der Waals surface area contributed by atoms with Crippen molar-refractivity contribution in [3.05, 3.63) is 29.8 Å². The van der Waals surface area contributed by atoms with E-state index in [0.29, 0.717) is 0 Å². The number of likely N-dealkylation sites (N-methyl/N-ethyl adjacent to an activating group) is 1. The molecule has 17 heavy (non-hydrogen) atoms. The molecule has 0 atom stereocenters. The van der Waals surface area contributed by atoms with Gasteiger partial charge >= 0.3 is 0 Å². The van der Waals surface area contributed by atoms with Gasteiger partial charge in [0.15, 0.2) is 0 Å². The fraction of sp³-hybridized carbons (Fsp3) is 0.500. The Morgan fingerprint density at radius 2 is 2.18 bits per heavy atom. The number of benzene rings is 1. The summed E-state index contributed by atoms with van der Waals surface area (Å²) in [5, 5.41) is 9.01. The fourth-order valence-electron chi connectivity index (χ4n) is 1.76. The number of ether oxygens (including phenoxy) is 1. The van der Waals surface area contributed by atoms with Crippen LogP contribution in [0.3, 0.4) is 0 Å².